The summed E-state index contributed by atoms with van der Waals surface area (Å²) < 4.78 is 0. The quantitative estimate of drug-likeness (QED) is 0.183. The summed E-state index contributed by atoms with van der Waals surface area (Å²) in [6.07, 6.45) is 1.67. The van der Waals surface area contributed by atoms with Gasteiger partial charge in [0.2, 0.25) is 0 Å². The molecule has 2 N–H and O–H groups in total. The van der Waals surface area contributed by atoms with Crippen molar-refractivity contribution < 1.29 is 29.5 Å². The number of likely N-dealkylation sites (tertiary alicyclic amines) is 1. The van der Waals surface area contributed by atoms with Gasteiger partial charge in [-0.1, -0.05) is 45.2 Å². The van der Waals surface area contributed by atoms with Gasteiger partial charge in [0.15, 0.2) is 9.75 Å². The fourth-order valence-electron chi connectivity index (χ4n) is 5.83. The summed E-state index contributed by atoms with van der Waals surface area (Å²) in [5.74, 6) is -6.60. The maximum absolute atomic E-state index is 13.5. The molecule has 12 heteroatoms. The number of phenols is 1. The molecule has 2 aliphatic heterocycles. The Morgan fingerprint density at radius 3 is 2.42 bits per heavy atom. The number of nitrogens with zero attached hydrogens (tertiary/aromatic N) is 2. The molecular formula is C21H16BrCl3N2O6. The molecular weight excluding hydrogens is 563 g/mol. The van der Waals surface area contributed by atoms with Crippen LogP contribution in [0.1, 0.15) is 24.3 Å². The standard InChI is InChI=1S/C21H16BrCl3N2O6/c22-7-26-18(31)20(24)6-12-9(3-4-11-14(12)17(30)27(33)16(11)29)15(21(20,25)19(26)32)10-2-1-8(28)5-13(10)23/h1-3,5,11-12,14-15,28,33H,4,6-7H2. The minimum absolute atomic E-state index is 0.0952. The van der Waals surface area contributed by atoms with Gasteiger partial charge in [-0.15, -0.1) is 23.2 Å². The summed E-state index contributed by atoms with van der Waals surface area (Å²) in [5, 5.41) is 20.1. The van der Waals surface area contributed by atoms with E-state index in [9.17, 15) is 29.5 Å². The van der Waals surface area contributed by atoms with Crippen LogP contribution in [0.3, 0.4) is 0 Å². The number of halogens is 4. The first kappa shape index (κ1) is 23.1. The smallest absolute Gasteiger partial charge is 0.257 e. The van der Waals surface area contributed by atoms with Gasteiger partial charge < -0.3 is 5.11 Å². The van der Waals surface area contributed by atoms with E-state index in [0.717, 1.165) is 4.90 Å². The molecule has 6 atom stereocenters. The topological polar surface area (TPSA) is 115 Å². The number of phenolic OH excluding ortho intramolecular Hbond substituents is 1. The SMILES string of the molecule is O=C1C2CC=C3C(CC4(Cl)C(=O)N(CBr)C(=O)C4(Cl)C3c3ccc(O)cc3Cl)C2C(=O)N1O. The number of benzene rings is 1. The highest BCUT2D eigenvalue weighted by atomic mass is 79.9. The number of imide groups is 2. The lowest BCUT2D eigenvalue weighted by Crippen LogP contribution is -2.60. The average Bonchev–Trinajstić information content (AvgIpc) is 3.07. The summed E-state index contributed by atoms with van der Waals surface area (Å²) in [5.41, 5.74) is 0.754. The number of carbonyl (C=O) groups excluding carboxylic acids is 4. The molecule has 4 aliphatic rings. The molecule has 6 unspecified atom stereocenters. The van der Waals surface area contributed by atoms with Crippen LogP contribution in [0.2, 0.25) is 5.02 Å². The van der Waals surface area contributed by atoms with Gasteiger partial charge in [0.25, 0.3) is 23.6 Å². The van der Waals surface area contributed by atoms with Crippen molar-refractivity contribution in [3.05, 3.63) is 40.4 Å². The van der Waals surface area contributed by atoms with E-state index in [-0.39, 0.29) is 34.1 Å². The van der Waals surface area contributed by atoms with E-state index in [2.05, 4.69) is 15.9 Å². The molecule has 0 radical (unpaired) electrons. The third-order valence-corrected chi connectivity index (χ3v) is 9.53. The minimum Gasteiger partial charge on any atom is -0.508 e. The number of fused-ring (bicyclic) bond motifs is 4. The van der Waals surface area contributed by atoms with Gasteiger partial charge in [-0.25, -0.2) is 0 Å². The number of hydroxylamine groups is 2. The number of carbonyl (C=O) groups is 4. The first-order chi connectivity index (χ1) is 15.5. The number of rotatable bonds is 2. The van der Waals surface area contributed by atoms with Gasteiger partial charge in [-0.05, 0) is 36.5 Å². The molecule has 5 rings (SSSR count). The van der Waals surface area contributed by atoms with Crippen LogP contribution in [0.4, 0.5) is 0 Å². The Labute approximate surface area is 211 Å². The Hall–Kier alpha value is -1.65. The zero-order chi connectivity index (χ0) is 24.0. The second-order valence-electron chi connectivity index (χ2n) is 8.68. The van der Waals surface area contributed by atoms with E-state index in [1.165, 1.54) is 18.2 Å². The molecule has 0 aromatic heterocycles. The van der Waals surface area contributed by atoms with E-state index >= 15 is 0 Å². The summed E-state index contributed by atoms with van der Waals surface area (Å²) >= 11 is 23.6. The first-order valence-electron chi connectivity index (χ1n) is 10.0. The van der Waals surface area contributed by atoms with Crippen LogP contribution >= 0.6 is 50.7 Å². The number of aromatic hydroxyl groups is 1. The van der Waals surface area contributed by atoms with Crippen molar-refractivity contribution in [2.45, 2.75) is 28.5 Å². The molecule has 0 spiro atoms. The highest BCUT2D eigenvalue weighted by Crippen LogP contribution is 2.66. The van der Waals surface area contributed by atoms with Crippen molar-refractivity contribution in [1.82, 2.24) is 9.96 Å². The fourth-order valence-corrected chi connectivity index (χ4v) is 7.53. The van der Waals surface area contributed by atoms with Crippen LogP contribution in [0.15, 0.2) is 29.8 Å². The number of hydrogen-bond donors (Lipinski definition) is 2. The largest absolute Gasteiger partial charge is 0.508 e. The predicted octanol–water partition coefficient (Wildman–Crippen LogP) is 3.15. The lowest BCUT2D eigenvalue weighted by atomic mass is 9.56. The van der Waals surface area contributed by atoms with Gasteiger partial charge in [-0.3, -0.25) is 29.3 Å². The normalized spacial score (nSPS) is 37.8. The van der Waals surface area contributed by atoms with Crippen molar-refractivity contribution in [1.29, 1.82) is 0 Å². The van der Waals surface area contributed by atoms with Crippen LogP contribution in [0.25, 0.3) is 0 Å². The van der Waals surface area contributed by atoms with Crippen LogP contribution in [0, 0.1) is 17.8 Å². The molecule has 2 aliphatic carbocycles. The van der Waals surface area contributed by atoms with E-state index < -0.39 is 57.0 Å². The highest BCUT2D eigenvalue weighted by molar-refractivity contribution is 9.09. The molecule has 174 valence electrons. The maximum Gasteiger partial charge on any atom is 0.257 e. The first-order valence-corrected chi connectivity index (χ1v) is 12.3. The van der Waals surface area contributed by atoms with Crippen molar-refractivity contribution in [3.8, 4) is 5.75 Å². The summed E-state index contributed by atoms with van der Waals surface area (Å²) in [4.78, 5) is 49.1. The Kier molecular flexibility index (Phi) is 5.20. The molecule has 1 aromatic rings. The predicted molar refractivity (Wildman–Crippen MR) is 120 cm³/mol. The third-order valence-electron chi connectivity index (χ3n) is 7.29. The fraction of sp³-hybridized carbons (Fsp3) is 0.429. The summed E-state index contributed by atoms with van der Waals surface area (Å²) in [6.45, 7) is 0. The summed E-state index contributed by atoms with van der Waals surface area (Å²) in [6, 6.07) is 4.15. The molecule has 4 amide bonds. The molecule has 3 fully saturated rings. The Morgan fingerprint density at radius 1 is 1.09 bits per heavy atom. The van der Waals surface area contributed by atoms with Crippen LogP contribution in [-0.2, 0) is 19.2 Å². The average molecular weight is 579 g/mol. The highest BCUT2D eigenvalue weighted by Gasteiger charge is 2.76. The van der Waals surface area contributed by atoms with E-state index in [4.69, 9.17) is 34.8 Å². The molecule has 2 heterocycles. The second-order valence-corrected chi connectivity index (χ2v) is 10.8. The monoisotopic (exact) mass is 576 g/mol. The van der Waals surface area contributed by atoms with Crippen LogP contribution in [-0.4, -0.2) is 59.1 Å². The summed E-state index contributed by atoms with van der Waals surface area (Å²) in [7, 11) is 0. The van der Waals surface area contributed by atoms with E-state index in [1.807, 2.05) is 0 Å². The van der Waals surface area contributed by atoms with E-state index in [1.54, 1.807) is 6.08 Å². The molecule has 33 heavy (non-hydrogen) atoms. The molecule has 2 saturated heterocycles. The van der Waals surface area contributed by atoms with E-state index in [0.29, 0.717) is 11.1 Å². The Bertz CT molecular complexity index is 1180. The molecule has 0 bridgehead atoms. The maximum atomic E-state index is 13.5. The van der Waals surface area contributed by atoms with Crippen molar-refractivity contribution in [2.24, 2.45) is 17.8 Å². The van der Waals surface area contributed by atoms with Gasteiger partial charge in [-0.2, -0.15) is 5.06 Å². The lowest BCUT2D eigenvalue weighted by molar-refractivity contribution is -0.173. The molecule has 8 nitrogen and oxygen atoms in total. The number of hydrogen-bond acceptors (Lipinski definition) is 6. The number of amides is 4. The van der Waals surface area contributed by atoms with Crippen molar-refractivity contribution in [3.63, 3.8) is 0 Å². The van der Waals surface area contributed by atoms with Gasteiger partial charge in [0, 0.05) is 10.9 Å². The molecule has 1 aromatic carbocycles. The molecule has 1 saturated carbocycles. The van der Waals surface area contributed by atoms with Crippen molar-refractivity contribution >= 4 is 74.4 Å². The van der Waals surface area contributed by atoms with Crippen LogP contribution in [0.5, 0.6) is 5.75 Å². The number of allylic oxidation sites excluding steroid dienone is 2. The zero-order valence-electron chi connectivity index (χ0n) is 16.7. The van der Waals surface area contributed by atoms with Crippen molar-refractivity contribution in [2.75, 3.05) is 5.45 Å². The second kappa shape index (κ2) is 7.42. The van der Waals surface area contributed by atoms with Gasteiger partial charge >= 0.3 is 0 Å². The Balaban J connectivity index is 1.77. The lowest BCUT2D eigenvalue weighted by Gasteiger charge is -2.50. The van der Waals surface area contributed by atoms with Gasteiger partial charge in [0.1, 0.15) is 5.75 Å². The van der Waals surface area contributed by atoms with Gasteiger partial charge in [0.05, 0.1) is 17.3 Å². The zero-order valence-corrected chi connectivity index (χ0v) is 20.5. The Morgan fingerprint density at radius 2 is 1.79 bits per heavy atom. The number of alkyl halides is 3. The minimum atomic E-state index is -1.97. The third kappa shape index (κ3) is 2.74. The van der Waals surface area contributed by atoms with Crippen LogP contribution < -0.4 is 0 Å².